The smallest absolute Gasteiger partial charge is 0.270 e. The molecule has 7 nitrogen and oxygen atoms in total. The van der Waals surface area contributed by atoms with Crippen LogP contribution in [0.15, 0.2) is 17.0 Å². The zero-order valence-corrected chi connectivity index (χ0v) is 15.0. The van der Waals surface area contributed by atoms with Crippen LogP contribution >= 0.6 is 12.4 Å². The maximum absolute atomic E-state index is 12.9. The molecule has 0 saturated carbocycles. The monoisotopic (exact) mass is 363 g/mol. The van der Waals surface area contributed by atoms with Crippen LogP contribution in [0, 0.1) is 24.0 Å². The average molecular weight is 364 g/mol. The third-order valence-corrected chi connectivity index (χ3v) is 6.33. The predicted octanol–water partition coefficient (Wildman–Crippen LogP) is 2.01. The Labute approximate surface area is 142 Å². The van der Waals surface area contributed by atoms with E-state index in [1.165, 1.54) is 16.4 Å². The number of non-ortho nitro benzene ring substituents is 1. The molecule has 1 aliphatic rings. The Kier molecular flexibility index (Phi) is 6.52. The number of aryl methyl sites for hydroxylation is 2. The fourth-order valence-corrected chi connectivity index (χ4v) is 4.77. The van der Waals surface area contributed by atoms with Crippen molar-refractivity contribution >= 4 is 28.1 Å². The summed E-state index contributed by atoms with van der Waals surface area (Å²) in [5.74, 6) is 0. The molecule has 0 radical (unpaired) electrons. The van der Waals surface area contributed by atoms with Crippen LogP contribution in [-0.2, 0) is 10.0 Å². The summed E-state index contributed by atoms with van der Waals surface area (Å²) in [6.45, 7) is 4.79. The van der Waals surface area contributed by atoms with Crippen LogP contribution in [0.1, 0.15) is 24.0 Å². The van der Waals surface area contributed by atoms with Crippen molar-refractivity contribution in [3.8, 4) is 0 Å². The van der Waals surface area contributed by atoms with Gasteiger partial charge in [-0.2, -0.15) is 4.31 Å². The Morgan fingerprint density at radius 3 is 2.13 bits per heavy atom. The van der Waals surface area contributed by atoms with E-state index in [0.717, 1.165) is 25.9 Å². The van der Waals surface area contributed by atoms with Gasteiger partial charge in [0, 0.05) is 25.2 Å². The first kappa shape index (κ1) is 19.8. The Balaban J connectivity index is 0.00000264. The maximum atomic E-state index is 12.9. The van der Waals surface area contributed by atoms with E-state index in [4.69, 9.17) is 0 Å². The summed E-state index contributed by atoms with van der Waals surface area (Å²) in [7, 11) is -2.07. The van der Waals surface area contributed by atoms with E-state index >= 15 is 0 Å². The molecule has 0 unspecified atom stereocenters. The van der Waals surface area contributed by atoms with E-state index in [1.54, 1.807) is 20.9 Å². The van der Waals surface area contributed by atoms with Gasteiger partial charge in [0.1, 0.15) is 0 Å². The van der Waals surface area contributed by atoms with E-state index in [2.05, 4.69) is 5.32 Å². The van der Waals surface area contributed by atoms with E-state index in [9.17, 15) is 18.5 Å². The van der Waals surface area contributed by atoms with Crippen LogP contribution in [0.5, 0.6) is 0 Å². The van der Waals surface area contributed by atoms with Gasteiger partial charge in [-0.05, 0) is 50.9 Å². The molecule has 1 aliphatic heterocycles. The SMILES string of the molecule is Cc1cc([N+](=O)[O-])cc(C)c1S(=O)(=O)N(C)C1CCNCC1.Cl. The molecule has 1 saturated heterocycles. The lowest BCUT2D eigenvalue weighted by Crippen LogP contribution is -2.44. The second kappa shape index (κ2) is 7.57. The summed E-state index contributed by atoms with van der Waals surface area (Å²) in [6, 6.07) is 2.59. The number of nitro groups is 1. The molecule has 9 heteroatoms. The van der Waals surface area contributed by atoms with Crippen molar-refractivity contribution in [1.82, 2.24) is 9.62 Å². The van der Waals surface area contributed by atoms with Crippen LogP contribution in [0.25, 0.3) is 0 Å². The second-order valence-electron chi connectivity index (χ2n) is 5.67. The van der Waals surface area contributed by atoms with Gasteiger partial charge in [0.25, 0.3) is 5.69 Å². The number of halogens is 1. The summed E-state index contributed by atoms with van der Waals surface area (Å²) in [5.41, 5.74) is 0.735. The molecule has 0 spiro atoms. The summed E-state index contributed by atoms with van der Waals surface area (Å²) >= 11 is 0. The highest BCUT2D eigenvalue weighted by Crippen LogP contribution is 2.29. The normalized spacial score (nSPS) is 16.2. The van der Waals surface area contributed by atoms with Gasteiger partial charge in [-0.25, -0.2) is 8.42 Å². The van der Waals surface area contributed by atoms with Crippen LogP contribution in [-0.4, -0.2) is 43.8 Å². The van der Waals surface area contributed by atoms with E-state index < -0.39 is 14.9 Å². The van der Waals surface area contributed by atoms with Gasteiger partial charge in [0.2, 0.25) is 10.0 Å². The highest BCUT2D eigenvalue weighted by atomic mass is 35.5. The molecule has 1 N–H and O–H groups in total. The fourth-order valence-electron chi connectivity index (χ4n) is 2.95. The van der Waals surface area contributed by atoms with Crippen molar-refractivity contribution in [3.63, 3.8) is 0 Å². The number of rotatable bonds is 4. The Bertz CT molecular complexity index is 664. The lowest BCUT2D eigenvalue weighted by Gasteiger charge is -2.31. The lowest BCUT2D eigenvalue weighted by molar-refractivity contribution is -0.385. The molecular formula is C14H22ClN3O4S. The molecule has 23 heavy (non-hydrogen) atoms. The van der Waals surface area contributed by atoms with Crippen molar-refractivity contribution in [3.05, 3.63) is 33.4 Å². The molecule has 0 aromatic heterocycles. The van der Waals surface area contributed by atoms with E-state index in [-0.39, 0.29) is 29.0 Å². The molecule has 0 amide bonds. The lowest BCUT2D eigenvalue weighted by atomic mass is 10.1. The van der Waals surface area contributed by atoms with Crippen LogP contribution < -0.4 is 5.32 Å². The molecule has 1 aromatic carbocycles. The summed E-state index contributed by atoms with van der Waals surface area (Å²) < 4.78 is 27.2. The quantitative estimate of drug-likeness (QED) is 0.652. The van der Waals surface area contributed by atoms with Crippen molar-refractivity contribution in [2.75, 3.05) is 20.1 Å². The summed E-state index contributed by atoms with van der Waals surface area (Å²) in [5, 5.41) is 14.1. The number of nitrogens with zero attached hydrogens (tertiary/aromatic N) is 2. The Morgan fingerprint density at radius 1 is 1.22 bits per heavy atom. The number of benzene rings is 1. The first-order chi connectivity index (χ1) is 10.2. The van der Waals surface area contributed by atoms with Gasteiger partial charge in [-0.15, -0.1) is 12.4 Å². The minimum Gasteiger partial charge on any atom is -0.317 e. The molecule has 2 rings (SSSR count). The van der Waals surface area contributed by atoms with Crippen LogP contribution in [0.4, 0.5) is 5.69 Å². The van der Waals surface area contributed by atoms with Gasteiger partial charge in [-0.3, -0.25) is 10.1 Å². The number of nitrogens with one attached hydrogen (secondary N) is 1. The molecule has 1 fully saturated rings. The first-order valence-corrected chi connectivity index (χ1v) is 8.63. The molecule has 1 aromatic rings. The van der Waals surface area contributed by atoms with E-state index in [1.807, 2.05) is 0 Å². The summed E-state index contributed by atoms with van der Waals surface area (Å²) in [6.07, 6.45) is 1.53. The Hall–Kier alpha value is -1.22. The van der Waals surface area contributed by atoms with Gasteiger partial charge in [0.15, 0.2) is 0 Å². The zero-order chi connectivity index (χ0) is 16.5. The van der Waals surface area contributed by atoms with E-state index in [0.29, 0.717) is 11.1 Å². The third kappa shape index (κ3) is 4.00. The van der Waals surface area contributed by atoms with Crippen LogP contribution in [0.3, 0.4) is 0 Å². The summed E-state index contributed by atoms with van der Waals surface area (Å²) in [4.78, 5) is 10.6. The van der Waals surface area contributed by atoms with Crippen molar-refractivity contribution in [1.29, 1.82) is 0 Å². The second-order valence-corrected chi connectivity index (χ2v) is 7.60. The molecular weight excluding hydrogens is 342 g/mol. The van der Waals surface area contributed by atoms with Gasteiger partial charge >= 0.3 is 0 Å². The third-order valence-electron chi connectivity index (χ3n) is 4.12. The fraction of sp³-hybridized carbons (Fsp3) is 0.571. The minimum absolute atomic E-state index is 0. The minimum atomic E-state index is -3.66. The largest absolute Gasteiger partial charge is 0.317 e. The standard InChI is InChI=1S/C14H21N3O4S.ClH/c1-10-8-13(17(18)19)9-11(2)14(10)22(20,21)16(3)12-4-6-15-7-5-12;/h8-9,12,15H,4-7H2,1-3H3;1H. The number of hydrogen-bond donors (Lipinski definition) is 1. The van der Waals surface area contributed by atoms with Gasteiger partial charge < -0.3 is 5.32 Å². The number of piperidine rings is 1. The van der Waals surface area contributed by atoms with Gasteiger partial charge in [-0.1, -0.05) is 0 Å². The molecule has 0 bridgehead atoms. The van der Waals surface area contributed by atoms with Crippen LogP contribution in [0.2, 0.25) is 0 Å². The van der Waals surface area contributed by atoms with Crippen molar-refractivity contribution in [2.24, 2.45) is 0 Å². The number of hydrogen-bond acceptors (Lipinski definition) is 5. The van der Waals surface area contributed by atoms with Crippen molar-refractivity contribution in [2.45, 2.75) is 37.6 Å². The van der Waals surface area contributed by atoms with Gasteiger partial charge in [0.05, 0.1) is 9.82 Å². The number of nitro benzene ring substituents is 1. The number of sulfonamides is 1. The topological polar surface area (TPSA) is 92.5 Å². The molecule has 130 valence electrons. The molecule has 1 heterocycles. The first-order valence-electron chi connectivity index (χ1n) is 7.19. The highest BCUT2D eigenvalue weighted by Gasteiger charge is 2.32. The molecule has 0 atom stereocenters. The highest BCUT2D eigenvalue weighted by molar-refractivity contribution is 7.89. The Morgan fingerprint density at radius 2 is 1.70 bits per heavy atom. The zero-order valence-electron chi connectivity index (χ0n) is 13.4. The maximum Gasteiger partial charge on any atom is 0.270 e. The molecule has 0 aliphatic carbocycles. The average Bonchev–Trinajstić information content (AvgIpc) is 2.46. The predicted molar refractivity (Wildman–Crippen MR) is 90.7 cm³/mol. The van der Waals surface area contributed by atoms with Crippen molar-refractivity contribution < 1.29 is 13.3 Å².